The van der Waals surface area contributed by atoms with Gasteiger partial charge in [-0.25, -0.2) is 0 Å². The van der Waals surface area contributed by atoms with E-state index in [4.69, 9.17) is 4.42 Å². The second-order valence-electron chi connectivity index (χ2n) is 5.17. The molecule has 0 aliphatic heterocycles. The van der Waals surface area contributed by atoms with E-state index in [9.17, 15) is 0 Å². The van der Waals surface area contributed by atoms with Crippen LogP contribution in [0, 0.1) is 6.92 Å². The second-order valence-corrected chi connectivity index (χ2v) is 5.17. The number of nitrogens with one attached hydrogen (secondary N) is 1. The Morgan fingerprint density at radius 1 is 1.21 bits per heavy atom. The molecule has 4 nitrogen and oxygen atoms in total. The molecule has 1 heterocycles. The maximum atomic E-state index is 5.68. The summed E-state index contributed by atoms with van der Waals surface area (Å²) in [4.78, 5) is 0. The maximum absolute atomic E-state index is 5.68. The van der Waals surface area contributed by atoms with Crippen LogP contribution in [0.4, 0.5) is 0 Å². The van der Waals surface area contributed by atoms with Crippen LogP contribution in [-0.4, -0.2) is 22.8 Å². The summed E-state index contributed by atoms with van der Waals surface area (Å²) in [7, 11) is 0. The van der Waals surface area contributed by atoms with Crippen LogP contribution in [0.25, 0.3) is 0 Å². The summed E-state index contributed by atoms with van der Waals surface area (Å²) in [6, 6.07) is 9.02. The molecule has 0 amide bonds. The van der Waals surface area contributed by atoms with Crippen molar-refractivity contribution in [1.82, 2.24) is 15.5 Å². The van der Waals surface area contributed by atoms with E-state index in [1.165, 1.54) is 24.0 Å². The first-order valence-electron chi connectivity index (χ1n) is 6.90. The SMILES string of the molecule is Cc1ccccc1Cc1nnc(CCNC2CC2)o1. The molecule has 1 saturated carbocycles. The minimum atomic E-state index is 0.704. The Labute approximate surface area is 113 Å². The fraction of sp³-hybridized carbons (Fsp3) is 0.467. The summed E-state index contributed by atoms with van der Waals surface area (Å²) < 4.78 is 5.68. The van der Waals surface area contributed by atoms with Crippen LogP contribution in [0.2, 0.25) is 0 Å². The molecule has 0 bridgehead atoms. The minimum absolute atomic E-state index is 0.704. The molecule has 1 fully saturated rings. The lowest BCUT2D eigenvalue weighted by atomic mass is 10.1. The lowest BCUT2D eigenvalue weighted by molar-refractivity contribution is 0.451. The molecule has 0 unspecified atom stereocenters. The third-order valence-electron chi connectivity index (χ3n) is 3.46. The van der Waals surface area contributed by atoms with Gasteiger partial charge in [0.1, 0.15) is 0 Å². The van der Waals surface area contributed by atoms with E-state index in [2.05, 4.69) is 34.6 Å². The largest absolute Gasteiger partial charge is 0.425 e. The van der Waals surface area contributed by atoms with Crippen LogP contribution in [0.3, 0.4) is 0 Å². The van der Waals surface area contributed by atoms with E-state index in [-0.39, 0.29) is 0 Å². The van der Waals surface area contributed by atoms with Gasteiger partial charge in [-0.05, 0) is 30.9 Å². The summed E-state index contributed by atoms with van der Waals surface area (Å²) in [6.07, 6.45) is 4.15. The number of nitrogens with zero attached hydrogens (tertiary/aromatic N) is 2. The molecule has 1 aromatic heterocycles. The zero-order valence-electron chi connectivity index (χ0n) is 11.2. The highest BCUT2D eigenvalue weighted by molar-refractivity contribution is 5.27. The topological polar surface area (TPSA) is 51.0 Å². The van der Waals surface area contributed by atoms with Crippen LogP contribution >= 0.6 is 0 Å². The molecule has 3 rings (SSSR count). The zero-order valence-corrected chi connectivity index (χ0v) is 11.2. The van der Waals surface area contributed by atoms with Gasteiger partial charge in [-0.2, -0.15) is 0 Å². The Balaban J connectivity index is 1.56. The highest BCUT2D eigenvalue weighted by Gasteiger charge is 2.20. The van der Waals surface area contributed by atoms with Gasteiger partial charge in [0.05, 0.1) is 6.42 Å². The predicted octanol–water partition coefficient (Wildman–Crippen LogP) is 2.26. The Morgan fingerprint density at radius 3 is 2.79 bits per heavy atom. The van der Waals surface area contributed by atoms with Gasteiger partial charge in [-0.15, -0.1) is 10.2 Å². The maximum Gasteiger partial charge on any atom is 0.220 e. The van der Waals surface area contributed by atoms with Crippen molar-refractivity contribution < 1.29 is 4.42 Å². The molecule has 0 radical (unpaired) electrons. The number of hydrogen-bond acceptors (Lipinski definition) is 4. The predicted molar refractivity (Wildman–Crippen MR) is 73.0 cm³/mol. The van der Waals surface area contributed by atoms with E-state index in [0.29, 0.717) is 5.89 Å². The smallest absolute Gasteiger partial charge is 0.220 e. The number of benzene rings is 1. The van der Waals surface area contributed by atoms with E-state index in [0.717, 1.165) is 31.3 Å². The van der Waals surface area contributed by atoms with Crippen molar-refractivity contribution in [2.75, 3.05) is 6.54 Å². The number of aryl methyl sites for hydroxylation is 1. The quantitative estimate of drug-likeness (QED) is 0.862. The van der Waals surface area contributed by atoms with Crippen LogP contribution < -0.4 is 5.32 Å². The molecule has 0 saturated heterocycles. The van der Waals surface area contributed by atoms with Gasteiger partial charge in [0, 0.05) is 19.0 Å². The fourth-order valence-electron chi connectivity index (χ4n) is 2.10. The fourth-order valence-corrected chi connectivity index (χ4v) is 2.10. The third kappa shape index (κ3) is 3.41. The van der Waals surface area contributed by atoms with Crippen LogP contribution in [0.15, 0.2) is 28.7 Å². The van der Waals surface area contributed by atoms with Gasteiger partial charge >= 0.3 is 0 Å². The van der Waals surface area contributed by atoms with Crippen molar-refractivity contribution in [1.29, 1.82) is 0 Å². The summed E-state index contributed by atoms with van der Waals surface area (Å²) >= 11 is 0. The standard InChI is InChI=1S/C15H19N3O/c1-11-4-2-3-5-12(11)10-15-18-17-14(19-15)8-9-16-13-6-7-13/h2-5,13,16H,6-10H2,1H3. The Hall–Kier alpha value is -1.68. The highest BCUT2D eigenvalue weighted by atomic mass is 16.4. The first kappa shape index (κ1) is 12.4. The molecule has 1 aliphatic rings. The number of rotatable bonds is 6. The van der Waals surface area contributed by atoms with E-state index in [1.807, 2.05) is 12.1 Å². The molecule has 1 aromatic carbocycles. The van der Waals surface area contributed by atoms with Crippen molar-refractivity contribution in [3.05, 3.63) is 47.2 Å². The Bertz CT molecular complexity index is 546. The highest BCUT2D eigenvalue weighted by Crippen LogP contribution is 2.18. The summed E-state index contributed by atoms with van der Waals surface area (Å²) in [5, 5.41) is 11.7. The molecule has 4 heteroatoms. The Kier molecular flexibility index (Phi) is 3.60. The van der Waals surface area contributed by atoms with E-state index >= 15 is 0 Å². The molecular formula is C15H19N3O. The number of aromatic nitrogens is 2. The van der Waals surface area contributed by atoms with Crippen molar-refractivity contribution in [3.63, 3.8) is 0 Å². The molecule has 2 aromatic rings. The molecule has 100 valence electrons. The van der Waals surface area contributed by atoms with Gasteiger partial charge in [-0.3, -0.25) is 0 Å². The molecule has 0 spiro atoms. The third-order valence-corrected chi connectivity index (χ3v) is 3.46. The lowest BCUT2D eigenvalue weighted by Crippen LogP contribution is -2.19. The molecule has 0 atom stereocenters. The Morgan fingerprint density at radius 2 is 2.00 bits per heavy atom. The van der Waals surface area contributed by atoms with E-state index in [1.54, 1.807) is 0 Å². The number of hydrogen-bond donors (Lipinski definition) is 1. The second kappa shape index (κ2) is 5.53. The van der Waals surface area contributed by atoms with Crippen molar-refractivity contribution in [3.8, 4) is 0 Å². The molecular weight excluding hydrogens is 238 g/mol. The molecule has 1 N–H and O–H groups in total. The zero-order chi connectivity index (χ0) is 13.1. The van der Waals surface area contributed by atoms with Gasteiger partial charge in [-0.1, -0.05) is 24.3 Å². The summed E-state index contributed by atoms with van der Waals surface area (Å²) in [5.74, 6) is 1.44. The van der Waals surface area contributed by atoms with Gasteiger partial charge in [0.15, 0.2) is 0 Å². The van der Waals surface area contributed by atoms with Gasteiger partial charge < -0.3 is 9.73 Å². The minimum Gasteiger partial charge on any atom is -0.425 e. The average molecular weight is 257 g/mol. The molecule has 1 aliphatic carbocycles. The van der Waals surface area contributed by atoms with Crippen LogP contribution in [0.5, 0.6) is 0 Å². The first-order valence-corrected chi connectivity index (χ1v) is 6.90. The normalized spacial score (nSPS) is 14.8. The molecule has 19 heavy (non-hydrogen) atoms. The van der Waals surface area contributed by atoms with E-state index < -0.39 is 0 Å². The lowest BCUT2D eigenvalue weighted by Gasteiger charge is -2.01. The van der Waals surface area contributed by atoms with Gasteiger partial charge in [0.25, 0.3) is 0 Å². The average Bonchev–Trinajstić information content (AvgIpc) is 3.12. The summed E-state index contributed by atoms with van der Waals surface area (Å²) in [5.41, 5.74) is 2.51. The van der Waals surface area contributed by atoms with Crippen LogP contribution in [-0.2, 0) is 12.8 Å². The van der Waals surface area contributed by atoms with Crippen molar-refractivity contribution in [2.24, 2.45) is 0 Å². The summed E-state index contributed by atoms with van der Waals surface area (Å²) in [6.45, 7) is 3.03. The van der Waals surface area contributed by atoms with Crippen molar-refractivity contribution >= 4 is 0 Å². The first-order chi connectivity index (χ1) is 9.31. The monoisotopic (exact) mass is 257 g/mol. The van der Waals surface area contributed by atoms with Crippen LogP contribution in [0.1, 0.15) is 35.7 Å². The van der Waals surface area contributed by atoms with Crippen molar-refractivity contribution in [2.45, 2.75) is 38.6 Å². The van der Waals surface area contributed by atoms with Gasteiger partial charge in [0.2, 0.25) is 11.8 Å².